The molecule has 0 fully saturated rings. The van der Waals surface area contributed by atoms with Crippen molar-refractivity contribution in [2.24, 2.45) is 0 Å². The summed E-state index contributed by atoms with van der Waals surface area (Å²) >= 11 is 0. The van der Waals surface area contributed by atoms with Crippen molar-refractivity contribution in [1.82, 2.24) is 0 Å². The molecule has 15 heavy (non-hydrogen) atoms. The highest BCUT2D eigenvalue weighted by Gasteiger charge is 1.96. The van der Waals surface area contributed by atoms with Crippen LogP contribution in [0.5, 0.6) is 0 Å². The quantitative estimate of drug-likeness (QED) is 0.763. The smallest absolute Gasteiger partial charge is 0.208 e. The van der Waals surface area contributed by atoms with E-state index in [1.54, 1.807) is 0 Å². The second kappa shape index (κ2) is 5.33. The molecule has 0 spiro atoms. The fraction of sp³-hybridized carbons (Fsp3) is 0.273. The van der Waals surface area contributed by atoms with Crippen molar-refractivity contribution in [1.29, 1.82) is 0 Å². The minimum atomic E-state index is -3.55. The molecule has 0 aliphatic rings. The fourth-order valence-corrected chi connectivity index (χ4v) is 1.72. The summed E-state index contributed by atoms with van der Waals surface area (Å²) in [6.07, 6.45) is 3.63. The first kappa shape index (κ1) is 12.3. The summed E-state index contributed by atoms with van der Waals surface area (Å²) in [7, 11) is 1.50. The zero-order valence-electron chi connectivity index (χ0n) is 8.48. The lowest BCUT2D eigenvalue weighted by molar-refractivity contribution is 0.617. The van der Waals surface area contributed by atoms with Crippen LogP contribution in [0.15, 0.2) is 29.7 Å². The summed E-state index contributed by atoms with van der Waals surface area (Å²) in [5, 5.41) is 0.989. The monoisotopic (exact) mass is 244 g/mol. The van der Waals surface area contributed by atoms with Gasteiger partial charge in [0.05, 0.1) is 0 Å². The van der Waals surface area contributed by atoms with E-state index in [2.05, 4.69) is 6.92 Å². The average Bonchev–Trinajstić information content (AvgIpc) is 2.16. The number of hydrogen-bond acceptors (Lipinski definition) is 2. The molecule has 0 aliphatic heterocycles. The van der Waals surface area contributed by atoms with Crippen LogP contribution in [-0.4, -0.2) is 8.42 Å². The van der Waals surface area contributed by atoms with E-state index in [9.17, 15) is 8.42 Å². The second-order valence-electron chi connectivity index (χ2n) is 3.27. The van der Waals surface area contributed by atoms with Crippen molar-refractivity contribution < 1.29 is 8.42 Å². The molecule has 0 heterocycles. The van der Waals surface area contributed by atoms with Crippen LogP contribution in [0.1, 0.15) is 24.5 Å². The molecule has 0 aromatic heterocycles. The van der Waals surface area contributed by atoms with Crippen molar-refractivity contribution in [3.63, 3.8) is 0 Å². The van der Waals surface area contributed by atoms with E-state index < -0.39 is 9.05 Å². The second-order valence-corrected chi connectivity index (χ2v) is 5.78. The van der Waals surface area contributed by atoms with Crippen molar-refractivity contribution in [2.45, 2.75) is 19.8 Å². The van der Waals surface area contributed by atoms with Crippen molar-refractivity contribution in [2.75, 3.05) is 0 Å². The maximum Gasteiger partial charge on any atom is 0.254 e. The first-order valence-electron chi connectivity index (χ1n) is 4.73. The summed E-state index contributed by atoms with van der Waals surface area (Å²) in [5.41, 5.74) is 2.09. The third kappa shape index (κ3) is 5.00. The van der Waals surface area contributed by atoms with Gasteiger partial charge in [0.2, 0.25) is 0 Å². The zero-order valence-corrected chi connectivity index (χ0v) is 10.1. The van der Waals surface area contributed by atoms with Gasteiger partial charge in [-0.1, -0.05) is 37.6 Å². The van der Waals surface area contributed by atoms with Gasteiger partial charge in [0.1, 0.15) is 0 Å². The Morgan fingerprint density at radius 2 is 1.87 bits per heavy atom. The lowest BCUT2D eigenvalue weighted by Gasteiger charge is -1.98. The van der Waals surface area contributed by atoms with Crippen molar-refractivity contribution in [3.05, 3.63) is 40.8 Å². The van der Waals surface area contributed by atoms with Crippen molar-refractivity contribution in [3.8, 4) is 0 Å². The Kier molecular flexibility index (Phi) is 4.36. The Morgan fingerprint density at radius 1 is 1.27 bits per heavy atom. The molecule has 0 saturated carbocycles. The van der Waals surface area contributed by atoms with Gasteiger partial charge in [-0.25, -0.2) is 8.42 Å². The van der Waals surface area contributed by atoms with Gasteiger partial charge in [0.25, 0.3) is 9.05 Å². The molecule has 4 heteroatoms. The Bertz CT molecular complexity index is 432. The summed E-state index contributed by atoms with van der Waals surface area (Å²) in [6, 6.07) is 7.74. The lowest BCUT2D eigenvalue weighted by atomic mass is 10.1. The van der Waals surface area contributed by atoms with E-state index in [4.69, 9.17) is 10.7 Å². The highest BCUT2D eigenvalue weighted by molar-refractivity contribution is 8.16. The summed E-state index contributed by atoms with van der Waals surface area (Å²) in [4.78, 5) is 0. The maximum absolute atomic E-state index is 10.7. The fourth-order valence-electron chi connectivity index (χ4n) is 1.24. The molecule has 0 atom stereocenters. The molecule has 1 aromatic carbocycles. The van der Waals surface area contributed by atoms with Gasteiger partial charge in [-0.15, -0.1) is 0 Å². The molecule has 1 rings (SSSR count). The van der Waals surface area contributed by atoms with Crippen LogP contribution in [-0.2, 0) is 15.5 Å². The molecule has 0 radical (unpaired) electrons. The van der Waals surface area contributed by atoms with E-state index in [0.717, 1.165) is 23.8 Å². The van der Waals surface area contributed by atoms with E-state index in [1.807, 2.05) is 24.3 Å². The Morgan fingerprint density at radius 3 is 2.33 bits per heavy atom. The van der Waals surface area contributed by atoms with Crippen LogP contribution in [0.3, 0.4) is 0 Å². The summed E-state index contributed by atoms with van der Waals surface area (Å²) in [5.74, 6) is 0. The normalized spacial score (nSPS) is 12.1. The van der Waals surface area contributed by atoms with Crippen LogP contribution in [0.2, 0.25) is 0 Å². The van der Waals surface area contributed by atoms with Crippen LogP contribution in [0.25, 0.3) is 6.08 Å². The van der Waals surface area contributed by atoms with Gasteiger partial charge in [-0.3, -0.25) is 0 Å². The predicted octanol–water partition coefficient (Wildman–Crippen LogP) is 3.18. The number of aryl methyl sites for hydroxylation is 1. The molecule has 1 aromatic rings. The lowest BCUT2D eigenvalue weighted by Crippen LogP contribution is -1.83. The molecule has 0 N–H and O–H groups in total. The minimum Gasteiger partial charge on any atom is -0.208 e. The van der Waals surface area contributed by atoms with Gasteiger partial charge in [0.15, 0.2) is 0 Å². The molecule has 2 nitrogen and oxygen atoms in total. The Labute approximate surface area is 95.0 Å². The largest absolute Gasteiger partial charge is 0.254 e. The van der Waals surface area contributed by atoms with Crippen molar-refractivity contribution >= 4 is 25.8 Å². The molecular weight excluding hydrogens is 232 g/mol. The van der Waals surface area contributed by atoms with Crippen LogP contribution in [0, 0.1) is 0 Å². The van der Waals surface area contributed by atoms with E-state index >= 15 is 0 Å². The van der Waals surface area contributed by atoms with Gasteiger partial charge in [0, 0.05) is 16.1 Å². The number of benzene rings is 1. The van der Waals surface area contributed by atoms with Gasteiger partial charge in [-0.2, -0.15) is 0 Å². The van der Waals surface area contributed by atoms with Gasteiger partial charge >= 0.3 is 0 Å². The summed E-state index contributed by atoms with van der Waals surface area (Å²) < 4.78 is 21.3. The number of hydrogen-bond donors (Lipinski definition) is 0. The molecule has 0 aliphatic carbocycles. The highest BCUT2D eigenvalue weighted by Crippen LogP contribution is 2.10. The van der Waals surface area contributed by atoms with Crippen LogP contribution >= 0.6 is 10.7 Å². The first-order chi connectivity index (χ1) is 7.01. The topological polar surface area (TPSA) is 34.1 Å². The molecule has 0 unspecified atom stereocenters. The zero-order chi connectivity index (χ0) is 11.3. The minimum absolute atomic E-state index is 0.832. The molecule has 0 bridgehead atoms. The third-order valence-electron chi connectivity index (χ3n) is 1.94. The van der Waals surface area contributed by atoms with Gasteiger partial charge in [-0.05, 0) is 23.6 Å². The third-order valence-corrected chi connectivity index (χ3v) is 2.71. The average molecular weight is 245 g/mol. The summed E-state index contributed by atoms with van der Waals surface area (Å²) in [6.45, 7) is 2.12. The molecular formula is C11H13ClO2S. The molecule has 0 saturated heterocycles. The Hall–Kier alpha value is -0.800. The number of rotatable bonds is 4. The van der Waals surface area contributed by atoms with Crippen LogP contribution < -0.4 is 0 Å². The standard InChI is InChI=1S/C11H13ClO2S/c1-2-3-10-4-6-11(7-5-10)8-9-15(12,13)14/h4-9H,2-3H2,1H3/b9-8+. The van der Waals surface area contributed by atoms with E-state index in [-0.39, 0.29) is 0 Å². The molecule has 0 amide bonds. The maximum atomic E-state index is 10.7. The SMILES string of the molecule is CCCc1ccc(/C=C/S(=O)(=O)Cl)cc1. The first-order valence-corrected chi connectivity index (χ1v) is 7.10. The predicted molar refractivity (Wildman–Crippen MR) is 64.2 cm³/mol. The Balaban J connectivity index is 2.77. The van der Waals surface area contributed by atoms with E-state index in [1.165, 1.54) is 11.6 Å². The molecule has 82 valence electrons. The number of halogens is 1. The van der Waals surface area contributed by atoms with Crippen LogP contribution in [0.4, 0.5) is 0 Å². The van der Waals surface area contributed by atoms with E-state index in [0.29, 0.717) is 0 Å². The van der Waals surface area contributed by atoms with Gasteiger partial charge < -0.3 is 0 Å². The highest BCUT2D eigenvalue weighted by atomic mass is 35.7.